The number of nitrogens with one attached hydrogen (secondary N) is 2. The Morgan fingerprint density at radius 1 is 1.20 bits per heavy atom. The molecule has 0 spiro atoms. The van der Waals surface area contributed by atoms with E-state index in [0.29, 0.717) is 10.5 Å². The van der Waals surface area contributed by atoms with Crippen LogP contribution in [0.15, 0.2) is 28.9 Å². The van der Waals surface area contributed by atoms with Crippen LogP contribution in [0.25, 0.3) is 0 Å². The number of hydrogen-bond donors (Lipinski definition) is 3. The average Bonchev–Trinajstić information content (AvgIpc) is 2.79. The van der Waals surface area contributed by atoms with Crippen molar-refractivity contribution >= 4 is 33.4 Å². The predicted octanol–water partition coefficient (Wildman–Crippen LogP) is 2.41. The molecule has 20 heavy (non-hydrogen) atoms. The van der Waals surface area contributed by atoms with Crippen LogP contribution in [-0.4, -0.2) is 16.8 Å². The molecule has 104 valence electrons. The van der Waals surface area contributed by atoms with Crippen molar-refractivity contribution in [1.82, 2.24) is 4.98 Å². The van der Waals surface area contributed by atoms with Crippen molar-refractivity contribution < 1.29 is 18.4 Å². The van der Waals surface area contributed by atoms with Crippen molar-refractivity contribution in [2.45, 2.75) is 0 Å². The zero-order chi connectivity index (χ0) is 14.9. The molecule has 8 heteroatoms. The highest BCUT2D eigenvalue weighted by Crippen LogP contribution is 2.20. The standard InChI is InChI=1S/C12H8BrF2N3O2/c13-5-1-10(17-4-5)12(20)18-9-2-6(11(16)19)7(14)3-8(9)15/h1-4,17H,(H2,16,19)(H,18,20). The normalized spacial score (nSPS) is 10.3. The summed E-state index contributed by atoms with van der Waals surface area (Å²) in [6.07, 6.45) is 1.52. The Balaban J connectivity index is 2.31. The maximum absolute atomic E-state index is 13.5. The molecule has 0 fully saturated rings. The summed E-state index contributed by atoms with van der Waals surface area (Å²) in [6.45, 7) is 0. The molecule has 0 saturated heterocycles. The average molecular weight is 344 g/mol. The van der Waals surface area contributed by atoms with Crippen LogP contribution in [0.4, 0.5) is 14.5 Å². The second kappa shape index (κ2) is 5.41. The lowest BCUT2D eigenvalue weighted by atomic mass is 10.1. The number of amides is 2. The van der Waals surface area contributed by atoms with E-state index in [4.69, 9.17) is 5.73 Å². The molecular weight excluding hydrogens is 336 g/mol. The fourth-order valence-electron chi connectivity index (χ4n) is 1.52. The molecule has 0 atom stereocenters. The number of carbonyl (C=O) groups is 2. The van der Waals surface area contributed by atoms with Crippen molar-refractivity contribution in [2.75, 3.05) is 5.32 Å². The first kappa shape index (κ1) is 14.2. The van der Waals surface area contributed by atoms with Crippen LogP contribution < -0.4 is 11.1 Å². The quantitative estimate of drug-likeness (QED) is 0.798. The van der Waals surface area contributed by atoms with E-state index in [1.165, 1.54) is 12.3 Å². The largest absolute Gasteiger partial charge is 0.366 e. The zero-order valence-electron chi connectivity index (χ0n) is 9.84. The Bertz CT molecular complexity index is 700. The third-order valence-corrected chi connectivity index (χ3v) is 2.92. The van der Waals surface area contributed by atoms with Crippen LogP contribution in [0.5, 0.6) is 0 Å². The predicted molar refractivity (Wildman–Crippen MR) is 71.3 cm³/mol. The summed E-state index contributed by atoms with van der Waals surface area (Å²) in [5.74, 6) is -3.79. The number of aromatic amines is 1. The van der Waals surface area contributed by atoms with Gasteiger partial charge < -0.3 is 16.0 Å². The van der Waals surface area contributed by atoms with E-state index < -0.39 is 29.0 Å². The number of hydrogen-bond acceptors (Lipinski definition) is 2. The van der Waals surface area contributed by atoms with E-state index in [-0.39, 0.29) is 11.4 Å². The smallest absolute Gasteiger partial charge is 0.272 e. The van der Waals surface area contributed by atoms with Gasteiger partial charge in [-0.1, -0.05) is 0 Å². The minimum atomic E-state index is -1.09. The van der Waals surface area contributed by atoms with Gasteiger partial charge in [-0.15, -0.1) is 0 Å². The fourth-order valence-corrected chi connectivity index (χ4v) is 1.87. The Morgan fingerprint density at radius 3 is 2.45 bits per heavy atom. The lowest BCUT2D eigenvalue weighted by Gasteiger charge is -2.07. The van der Waals surface area contributed by atoms with Crippen molar-refractivity contribution in [3.8, 4) is 0 Å². The number of anilines is 1. The lowest BCUT2D eigenvalue weighted by Crippen LogP contribution is -2.17. The first-order valence-electron chi connectivity index (χ1n) is 5.32. The van der Waals surface area contributed by atoms with Crippen molar-refractivity contribution in [3.63, 3.8) is 0 Å². The van der Waals surface area contributed by atoms with Crippen LogP contribution in [0.3, 0.4) is 0 Å². The van der Waals surface area contributed by atoms with Gasteiger partial charge in [0.25, 0.3) is 11.8 Å². The summed E-state index contributed by atoms with van der Waals surface area (Å²) in [5.41, 5.74) is 4.28. The van der Waals surface area contributed by atoms with Crippen molar-refractivity contribution in [1.29, 1.82) is 0 Å². The zero-order valence-corrected chi connectivity index (χ0v) is 11.4. The number of benzene rings is 1. The van der Waals surface area contributed by atoms with E-state index in [2.05, 4.69) is 26.2 Å². The summed E-state index contributed by atoms with van der Waals surface area (Å²) in [7, 11) is 0. The number of nitrogens with two attached hydrogens (primary N) is 1. The summed E-state index contributed by atoms with van der Waals surface area (Å²) in [4.78, 5) is 25.4. The van der Waals surface area contributed by atoms with Crippen LogP contribution in [0.1, 0.15) is 20.8 Å². The number of aromatic nitrogens is 1. The number of primary amides is 1. The molecule has 0 unspecified atom stereocenters. The molecule has 0 radical (unpaired) electrons. The minimum absolute atomic E-state index is 0.168. The van der Waals surface area contributed by atoms with Gasteiger partial charge in [-0.2, -0.15) is 0 Å². The maximum Gasteiger partial charge on any atom is 0.272 e. The summed E-state index contributed by atoms with van der Waals surface area (Å²) in [5, 5.41) is 2.22. The molecular formula is C12H8BrF2N3O2. The SMILES string of the molecule is NC(=O)c1cc(NC(=O)c2cc(Br)c[nH]2)c(F)cc1F. The van der Waals surface area contributed by atoms with Crippen LogP contribution in [0.2, 0.25) is 0 Å². The third-order valence-electron chi connectivity index (χ3n) is 2.46. The van der Waals surface area contributed by atoms with Gasteiger partial charge in [0.2, 0.25) is 0 Å². The molecule has 0 saturated carbocycles. The Morgan fingerprint density at radius 2 is 1.90 bits per heavy atom. The van der Waals surface area contributed by atoms with Gasteiger partial charge in [0.05, 0.1) is 11.3 Å². The van der Waals surface area contributed by atoms with Gasteiger partial charge in [0, 0.05) is 16.7 Å². The second-order valence-corrected chi connectivity index (χ2v) is 4.78. The maximum atomic E-state index is 13.5. The number of carbonyl (C=O) groups excluding carboxylic acids is 2. The molecule has 2 aromatic rings. The van der Waals surface area contributed by atoms with E-state index in [1.54, 1.807) is 0 Å². The Kier molecular flexibility index (Phi) is 3.84. The Hall–Kier alpha value is -2.22. The molecule has 0 aliphatic heterocycles. The molecule has 1 aromatic heterocycles. The van der Waals surface area contributed by atoms with Crippen LogP contribution >= 0.6 is 15.9 Å². The molecule has 0 aliphatic carbocycles. The van der Waals surface area contributed by atoms with Crippen molar-refractivity contribution in [3.05, 3.63) is 51.8 Å². The second-order valence-electron chi connectivity index (χ2n) is 3.86. The molecule has 0 aliphatic rings. The highest BCUT2D eigenvalue weighted by molar-refractivity contribution is 9.10. The number of halogens is 3. The van der Waals surface area contributed by atoms with Gasteiger partial charge in [0.1, 0.15) is 17.3 Å². The summed E-state index contributed by atoms with van der Waals surface area (Å²) >= 11 is 3.14. The summed E-state index contributed by atoms with van der Waals surface area (Å²) in [6, 6.07) is 2.81. The Labute approximate surface area is 120 Å². The molecule has 5 nitrogen and oxygen atoms in total. The van der Waals surface area contributed by atoms with Gasteiger partial charge in [-0.3, -0.25) is 9.59 Å². The molecule has 0 bridgehead atoms. The first-order chi connectivity index (χ1) is 9.38. The lowest BCUT2D eigenvalue weighted by molar-refractivity contribution is 0.0992. The highest BCUT2D eigenvalue weighted by atomic mass is 79.9. The van der Waals surface area contributed by atoms with Crippen LogP contribution in [0, 0.1) is 11.6 Å². The summed E-state index contributed by atoms with van der Waals surface area (Å²) < 4.78 is 27.5. The molecule has 4 N–H and O–H groups in total. The topological polar surface area (TPSA) is 88.0 Å². The van der Waals surface area contributed by atoms with Gasteiger partial charge in [-0.25, -0.2) is 8.78 Å². The number of rotatable bonds is 3. The first-order valence-corrected chi connectivity index (χ1v) is 6.12. The van der Waals surface area contributed by atoms with E-state index in [1.807, 2.05) is 0 Å². The fraction of sp³-hybridized carbons (Fsp3) is 0. The molecule has 1 aromatic carbocycles. The van der Waals surface area contributed by atoms with Crippen molar-refractivity contribution in [2.24, 2.45) is 5.73 Å². The minimum Gasteiger partial charge on any atom is -0.366 e. The molecule has 2 amide bonds. The van der Waals surface area contributed by atoms with E-state index in [9.17, 15) is 18.4 Å². The monoisotopic (exact) mass is 343 g/mol. The molecule has 1 heterocycles. The van der Waals surface area contributed by atoms with Crippen LogP contribution in [-0.2, 0) is 0 Å². The molecule has 2 rings (SSSR count). The van der Waals surface area contributed by atoms with Gasteiger partial charge in [-0.05, 0) is 28.1 Å². The van der Waals surface area contributed by atoms with E-state index in [0.717, 1.165) is 6.07 Å². The van der Waals surface area contributed by atoms with E-state index >= 15 is 0 Å². The number of H-pyrrole nitrogens is 1. The third kappa shape index (κ3) is 2.85. The van der Waals surface area contributed by atoms with Gasteiger partial charge in [0.15, 0.2) is 0 Å². The highest BCUT2D eigenvalue weighted by Gasteiger charge is 2.16. The van der Waals surface area contributed by atoms with Gasteiger partial charge >= 0.3 is 0 Å².